The fraction of sp³-hybridized carbons (Fsp3) is 0.269. The molecular weight excluding hydrogens is 472 g/mol. The highest BCUT2D eigenvalue weighted by molar-refractivity contribution is 7.92. The topological polar surface area (TPSA) is 75.7 Å². The van der Waals surface area contributed by atoms with E-state index in [1.165, 1.54) is 30.9 Å². The predicted octanol–water partition coefficient (Wildman–Crippen LogP) is 5.83. The van der Waals surface area contributed by atoms with Crippen LogP contribution < -0.4 is 14.4 Å². The van der Waals surface area contributed by atoms with Crippen LogP contribution >= 0.6 is 11.6 Å². The van der Waals surface area contributed by atoms with Gasteiger partial charge in [-0.3, -0.25) is 9.10 Å². The van der Waals surface area contributed by atoms with Gasteiger partial charge in [-0.25, -0.2) is 8.42 Å². The van der Waals surface area contributed by atoms with Crippen molar-refractivity contribution in [1.82, 2.24) is 0 Å². The number of nitrogens with one attached hydrogen (secondary N) is 1. The summed E-state index contributed by atoms with van der Waals surface area (Å²) in [6.45, 7) is 3.59. The number of benzene rings is 3. The zero-order valence-electron chi connectivity index (χ0n) is 19.5. The molecule has 0 bridgehead atoms. The van der Waals surface area contributed by atoms with E-state index in [0.29, 0.717) is 11.4 Å². The fourth-order valence-electron chi connectivity index (χ4n) is 3.43. The van der Waals surface area contributed by atoms with Crippen molar-refractivity contribution < 1.29 is 17.9 Å². The zero-order chi connectivity index (χ0) is 24.7. The third-order valence-electron chi connectivity index (χ3n) is 5.38. The van der Waals surface area contributed by atoms with Crippen LogP contribution in [0, 0.1) is 6.92 Å². The van der Waals surface area contributed by atoms with E-state index >= 15 is 0 Å². The number of sulfonamides is 1. The number of aryl methyl sites for hydroxylation is 2. The molecule has 1 N–H and O–H groups in total. The molecule has 0 unspecified atom stereocenters. The second-order valence-corrected chi connectivity index (χ2v) is 10.3. The molecule has 34 heavy (non-hydrogen) atoms. The van der Waals surface area contributed by atoms with E-state index in [0.717, 1.165) is 29.1 Å². The maximum Gasteiger partial charge on any atom is 0.264 e. The van der Waals surface area contributed by atoms with Crippen molar-refractivity contribution >= 4 is 38.9 Å². The Morgan fingerprint density at radius 2 is 1.71 bits per heavy atom. The minimum atomic E-state index is -4.04. The smallest absolute Gasteiger partial charge is 0.264 e. The van der Waals surface area contributed by atoms with E-state index in [1.807, 2.05) is 31.2 Å². The Morgan fingerprint density at radius 3 is 2.29 bits per heavy atom. The highest BCUT2D eigenvalue weighted by Crippen LogP contribution is 2.32. The zero-order valence-corrected chi connectivity index (χ0v) is 21.1. The first-order valence-electron chi connectivity index (χ1n) is 11.1. The number of unbranched alkanes of at least 4 members (excludes halogenated alkanes) is 1. The van der Waals surface area contributed by atoms with Gasteiger partial charge in [-0.1, -0.05) is 54.8 Å². The predicted molar refractivity (Wildman–Crippen MR) is 137 cm³/mol. The minimum absolute atomic E-state index is 0.0816. The van der Waals surface area contributed by atoms with E-state index in [-0.39, 0.29) is 15.6 Å². The summed E-state index contributed by atoms with van der Waals surface area (Å²) in [6.07, 6.45) is 3.19. The van der Waals surface area contributed by atoms with Gasteiger partial charge in [0.05, 0.1) is 22.7 Å². The van der Waals surface area contributed by atoms with Gasteiger partial charge in [0.2, 0.25) is 5.91 Å². The normalized spacial score (nSPS) is 11.2. The first kappa shape index (κ1) is 25.6. The minimum Gasteiger partial charge on any atom is -0.495 e. The lowest BCUT2D eigenvalue weighted by Gasteiger charge is -2.24. The lowest BCUT2D eigenvalue weighted by Crippen LogP contribution is -2.38. The van der Waals surface area contributed by atoms with Gasteiger partial charge in [0.1, 0.15) is 12.3 Å². The van der Waals surface area contributed by atoms with Gasteiger partial charge in [-0.15, -0.1) is 0 Å². The maximum absolute atomic E-state index is 13.5. The molecule has 0 radical (unpaired) electrons. The van der Waals surface area contributed by atoms with E-state index in [2.05, 4.69) is 12.2 Å². The molecule has 8 heteroatoms. The molecule has 6 nitrogen and oxygen atoms in total. The Balaban J connectivity index is 1.88. The summed E-state index contributed by atoms with van der Waals surface area (Å²) in [5.41, 5.74) is 2.98. The van der Waals surface area contributed by atoms with Gasteiger partial charge >= 0.3 is 0 Å². The molecule has 0 saturated heterocycles. The lowest BCUT2D eigenvalue weighted by molar-refractivity contribution is -0.114. The van der Waals surface area contributed by atoms with Gasteiger partial charge in [-0.2, -0.15) is 0 Å². The van der Waals surface area contributed by atoms with Gasteiger partial charge < -0.3 is 10.1 Å². The summed E-state index contributed by atoms with van der Waals surface area (Å²) in [6, 6.07) is 18.7. The summed E-state index contributed by atoms with van der Waals surface area (Å²) >= 11 is 6.26. The Bertz CT molecular complexity index is 1230. The van der Waals surface area contributed by atoms with Gasteiger partial charge in [0, 0.05) is 5.69 Å². The average molecular weight is 501 g/mol. The number of amides is 1. The van der Waals surface area contributed by atoms with E-state index in [4.69, 9.17) is 16.3 Å². The summed E-state index contributed by atoms with van der Waals surface area (Å²) in [4.78, 5) is 13.0. The molecule has 0 aliphatic carbocycles. The fourth-order valence-corrected chi connectivity index (χ4v) is 5.09. The first-order chi connectivity index (χ1) is 16.2. The van der Waals surface area contributed by atoms with Crippen molar-refractivity contribution in [3.05, 3.63) is 82.9 Å². The van der Waals surface area contributed by atoms with Crippen LogP contribution in [0.4, 0.5) is 11.4 Å². The number of ether oxygens (including phenoxy) is 1. The number of anilines is 2. The van der Waals surface area contributed by atoms with Crippen molar-refractivity contribution in [3.63, 3.8) is 0 Å². The van der Waals surface area contributed by atoms with E-state index in [9.17, 15) is 13.2 Å². The monoisotopic (exact) mass is 500 g/mol. The van der Waals surface area contributed by atoms with Crippen molar-refractivity contribution in [1.29, 1.82) is 0 Å². The third-order valence-corrected chi connectivity index (χ3v) is 7.46. The number of carbonyl (C=O) groups is 1. The molecule has 3 aromatic rings. The van der Waals surface area contributed by atoms with Crippen molar-refractivity contribution in [2.24, 2.45) is 0 Å². The largest absolute Gasteiger partial charge is 0.495 e. The average Bonchev–Trinajstić information content (AvgIpc) is 2.82. The quantitative estimate of drug-likeness (QED) is 0.380. The Kier molecular flexibility index (Phi) is 8.58. The van der Waals surface area contributed by atoms with E-state index in [1.54, 1.807) is 24.3 Å². The van der Waals surface area contributed by atoms with Crippen LogP contribution in [-0.2, 0) is 21.2 Å². The molecule has 0 aliphatic rings. The van der Waals surface area contributed by atoms with Gasteiger partial charge in [0.15, 0.2) is 0 Å². The molecule has 0 atom stereocenters. The summed E-state index contributed by atoms with van der Waals surface area (Å²) in [7, 11) is -2.56. The Labute approximate surface area is 206 Å². The van der Waals surface area contributed by atoms with E-state index < -0.39 is 22.5 Å². The second-order valence-electron chi connectivity index (χ2n) is 7.99. The SMILES string of the molecule is CCCCc1ccc(NC(=O)CN(c2ccc(OC)c(Cl)c2)S(=O)(=O)c2ccc(C)cc2)cc1. The second kappa shape index (κ2) is 11.4. The number of nitrogens with zero attached hydrogens (tertiary/aromatic N) is 1. The molecule has 3 rings (SSSR count). The first-order valence-corrected chi connectivity index (χ1v) is 12.9. The molecule has 0 fully saturated rings. The third kappa shape index (κ3) is 6.30. The molecule has 0 aliphatic heterocycles. The number of carbonyl (C=O) groups excluding carboxylic acids is 1. The van der Waals surface area contributed by atoms with Crippen LogP contribution in [0.1, 0.15) is 30.9 Å². The molecule has 0 saturated carbocycles. The maximum atomic E-state index is 13.5. The summed E-state index contributed by atoms with van der Waals surface area (Å²) < 4.78 is 33.3. The van der Waals surface area contributed by atoms with Gasteiger partial charge in [0.25, 0.3) is 10.0 Å². The molecule has 1 amide bonds. The molecule has 3 aromatic carbocycles. The summed E-state index contributed by atoms with van der Waals surface area (Å²) in [5, 5.41) is 3.04. The van der Waals surface area contributed by atoms with Crippen LogP contribution in [0.5, 0.6) is 5.75 Å². The number of hydrogen-bond acceptors (Lipinski definition) is 4. The van der Waals surface area contributed by atoms with Crippen molar-refractivity contribution in [3.8, 4) is 5.75 Å². The van der Waals surface area contributed by atoms with Crippen LogP contribution in [0.25, 0.3) is 0 Å². The van der Waals surface area contributed by atoms with Crippen molar-refractivity contribution in [2.45, 2.75) is 38.0 Å². The highest BCUT2D eigenvalue weighted by atomic mass is 35.5. The summed E-state index contributed by atoms with van der Waals surface area (Å²) in [5.74, 6) is -0.0605. The standard InChI is InChI=1S/C26H29ClN2O4S/c1-4-5-6-20-9-11-21(12-10-20)28-26(30)18-29(22-13-16-25(33-3)24(27)17-22)34(31,32)23-14-7-19(2)8-15-23/h7-17H,4-6,18H2,1-3H3,(H,28,30). The molecule has 0 aromatic heterocycles. The van der Waals surface area contributed by atoms with Crippen LogP contribution in [0.3, 0.4) is 0 Å². The Morgan fingerprint density at radius 1 is 1.03 bits per heavy atom. The number of rotatable bonds is 10. The lowest BCUT2D eigenvalue weighted by atomic mass is 10.1. The highest BCUT2D eigenvalue weighted by Gasteiger charge is 2.28. The number of halogens is 1. The van der Waals surface area contributed by atoms with Crippen LogP contribution in [0.2, 0.25) is 5.02 Å². The van der Waals surface area contributed by atoms with Gasteiger partial charge in [-0.05, 0) is 67.8 Å². The molecule has 0 heterocycles. The van der Waals surface area contributed by atoms with Crippen LogP contribution in [0.15, 0.2) is 71.6 Å². The number of methoxy groups -OCH3 is 1. The number of hydrogen-bond donors (Lipinski definition) is 1. The van der Waals surface area contributed by atoms with Crippen molar-refractivity contribution in [2.75, 3.05) is 23.3 Å². The Hall–Kier alpha value is -3.03. The molecular formula is C26H29ClN2O4S. The molecule has 0 spiro atoms. The van der Waals surface area contributed by atoms with Crippen LogP contribution in [-0.4, -0.2) is 28.0 Å². The molecule has 180 valence electrons.